The predicted octanol–water partition coefficient (Wildman–Crippen LogP) is 2.83. The number of halogens is 1. The fourth-order valence-corrected chi connectivity index (χ4v) is 4.96. The zero-order valence-electron chi connectivity index (χ0n) is 16.9. The summed E-state index contributed by atoms with van der Waals surface area (Å²) in [5, 5.41) is 7.20. The van der Waals surface area contributed by atoms with E-state index in [9.17, 15) is 4.21 Å². The first-order valence-corrected chi connectivity index (χ1v) is 11.7. The summed E-state index contributed by atoms with van der Waals surface area (Å²) in [7, 11) is -0.690. The van der Waals surface area contributed by atoms with E-state index in [-0.39, 0.29) is 24.0 Å². The van der Waals surface area contributed by atoms with Crippen LogP contribution in [0.5, 0.6) is 0 Å². The normalized spacial score (nSPS) is 27.0. The first-order valence-electron chi connectivity index (χ1n) is 10.3. The largest absolute Gasteiger partial charge is 0.379 e. The Morgan fingerprint density at radius 2 is 2.11 bits per heavy atom. The molecule has 1 saturated heterocycles. The lowest BCUT2D eigenvalue weighted by atomic mass is 9.95. The molecule has 0 amide bonds. The molecule has 1 aliphatic heterocycles. The highest BCUT2D eigenvalue weighted by Gasteiger charge is 2.26. The quantitative estimate of drug-likeness (QED) is 0.203. The first-order chi connectivity index (χ1) is 12.7. The van der Waals surface area contributed by atoms with Gasteiger partial charge in [-0.3, -0.25) is 9.20 Å². The molecule has 2 N–H and O–H groups in total. The summed E-state index contributed by atoms with van der Waals surface area (Å²) in [6.45, 7) is 8.00. The van der Waals surface area contributed by atoms with Crippen LogP contribution >= 0.6 is 24.0 Å². The Morgan fingerprint density at radius 3 is 2.81 bits per heavy atom. The molecule has 0 radical (unpaired) electrons. The van der Waals surface area contributed by atoms with Crippen molar-refractivity contribution in [2.75, 3.05) is 38.7 Å². The minimum Gasteiger partial charge on any atom is -0.379 e. The molecule has 0 spiro atoms. The number of ether oxygens (including phenoxy) is 2. The molecule has 0 aromatic carbocycles. The van der Waals surface area contributed by atoms with Crippen molar-refractivity contribution in [1.82, 2.24) is 10.6 Å². The molecule has 2 aliphatic rings. The monoisotopic (exact) mass is 515 g/mol. The van der Waals surface area contributed by atoms with E-state index in [2.05, 4.69) is 22.5 Å². The van der Waals surface area contributed by atoms with Crippen molar-refractivity contribution in [3.63, 3.8) is 0 Å². The minimum atomic E-state index is -0.690. The molecule has 4 unspecified atom stereocenters. The fraction of sp³-hybridized carbons (Fsp3) is 0.947. The number of aliphatic imine (C=N–C) groups is 1. The summed E-state index contributed by atoms with van der Waals surface area (Å²) in [4.78, 5) is 4.67. The number of rotatable bonds is 10. The van der Waals surface area contributed by atoms with Crippen LogP contribution in [-0.4, -0.2) is 66.2 Å². The van der Waals surface area contributed by atoms with Crippen LogP contribution < -0.4 is 10.6 Å². The molecule has 6 nitrogen and oxygen atoms in total. The number of hydrogen-bond acceptors (Lipinski definition) is 4. The summed E-state index contributed by atoms with van der Waals surface area (Å²) in [5.74, 6) is 1.64. The van der Waals surface area contributed by atoms with Crippen LogP contribution in [-0.2, 0) is 20.3 Å². The highest BCUT2D eigenvalue weighted by Crippen LogP contribution is 2.23. The van der Waals surface area contributed by atoms with E-state index in [1.54, 1.807) is 0 Å². The second-order valence-corrected chi connectivity index (χ2v) is 9.13. The molecule has 1 aliphatic carbocycles. The average molecular weight is 516 g/mol. The third-order valence-electron chi connectivity index (χ3n) is 5.01. The van der Waals surface area contributed by atoms with Gasteiger partial charge in [0.25, 0.3) is 0 Å². The summed E-state index contributed by atoms with van der Waals surface area (Å²) in [6.07, 6.45) is 7.84. The lowest BCUT2D eigenvalue weighted by molar-refractivity contribution is 0.0171. The third-order valence-corrected chi connectivity index (χ3v) is 6.75. The standard InChI is InChI=1S/C19H37N3O3S.HI/c1-3-20-19(21-11-7-12-24-15-17-9-6-13-25-17)22-16-8-5-10-18(14-16)26(23)4-2;/h16-18H,3-15H2,1-2H3,(H2,20,21,22);1H. The molecular weight excluding hydrogens is 477 g/mol. The van der Waals surface area contributed by atoms with Crippen LogP contribution in [0.15, 0.2) is 4.99 Å². The lowest BCUT2D eigenvalue weighted by Gasteiger charge is -2.30. The van der Waals surface area contributed by atoms with Crippen LogP contribution in [0.2, 0.25) is 0 Å². The molecule has 1 heterocycles. The molecule has 2 fully saturated rings. The minimum absolute atomic E-state index is 0. The van der Waals surface area contributed by atoms with E-state index >= 15 is 0 Å². The molecule has 0 aromatic heterocycles. The van der Waals surface area contributed by atoms with Crippen LogP contribution in [0.25, 0.3) is 0 Å². The van der Waals surface area contributed by atoms with Crippen LogP contribution in [0.4, 0.5) is 0 Å². The second kappa shape index (κ2) is 15.0. The van der Waals surface area contributed by atoms with Gasteiger partial charge in [-0.1, -0.05) is 13.3 Å². The number of guanidine groups is 1. The highest BCUT2D eigenvalue weighted by molar-refractivity contribution is 14.0. The van der Waals surface area contributed by atoms with Gasteiger partial charge in [-0.15, -0.1) is 24.0 Å². The van der Waals surface area contributed by atoms with Gasteiger partial charge in [0.05, 0.1) is 12.7 Å². The molecule has 2 rings (SSSR count). The maximum absolute atomic E-state index is 12.1. The van der Waals surface area contributed by atoms with Crippen molar-refractivity contribution < 1.29 is 13.7 Å². The number of nitrogens with zero attached hydrogens (tertiary/aromatic N) is 1. The molecular formula is C19H38IN3O3S. The van der Waals surface area contributed by atoms with E-state index in [1.165, 1.54) is 0 Å². The topological polar surface area (TPSA) is 72.0 Å². The van der Waals surface area contributed by atoms with E-state index in [4.69, 9.17) is 9.47 Å². The van der Waals surface area contributed by atoms with E-state index < -0.39 is 10.8 Å². The Balaban J connectivity index is 0.00000364. The molecule has 160 valence electrons. The summed E-state index contributed by atoms with van der Waals surface area (Å²) < 4.78 is 23.4. The molecule has 0 aromatic rings. The zero-order chi connectivity index (χ0) is 18.6. The zero-order valence-corrected chi connectivity index (χ0v) is 20.1. The van der Waals surface area contributed by atoms with E-state index in [0.717, 1.165) is 83.0 Å². The number of nitrogens with one attached hydrogen (secondary N) is 2. The average Bonchev–Trinajstić information content (AvgIpc) is 3.17. The maximum atomic E-state index is 12.1. The Morgan fingerprint density at radius 1 is 1.26 bits per heavy atom. The maximum Gasteiger partial charge on any atom is 0.191 e. The lowest BCUT2D eigenvalue weighted by Crippen LogP contribution is -2.46. The van der Waals surface area contributed by atoms with Crippen molar-refractivity contribution in [3.05, 3.63) is 0 Å². The Kier molecular flexibility index (Phi) is 13.9. The van der Waals surface area contributed by atoms with Gasteiger partial charge in [0.1, 0.15) is 0 Å². The second-order valence-electron chi connectivity index (χ2n) is 7.12. The smallest absolute Gasteiger partial charge is 0.191 e. The van der Waals surface area contributed by atoms with Crippen LogP contribution in [0.3, 0.4) is 0 Å². The molecule has 1 saturated carbocycles. The van der Waals surface area contributed by atoms with E-state index in [1.807, 2.05) is 6.92 Å². The van der Waals surface area contributed by atoms with Gasteiger partial charge < -0.3 is 20.1 Å². The first kappa shape index (κ1) is 25.1. The molecule has 8 heteroatoms. The van der Waals surface area contributed by atoms with Crippen molar-refractivity contribution in [2.24, 2.45) is 4.99 Å². The number of hydrogen-bond donors (Lipinski definition) is 2. The van der Waals surface area contributed by atoms with Crippen molar-refractivity contribution in [3.8, 4) is 0 Å². The van der Waals surface area contributed by atoms with Gasteiger partial charge >= 0.3 is 0 Å². The summed E-state index contributed by atoms with van der Waals surface area (Å²) in [6, 6.07) is 0.373. The third kappa shape index (κ3) is 9.89. The fourth-order valence-electron chi connectivity index (χ4n) is 3.61. The van der Waals surface area contributed by atoms with Crippen molar-refractivity contribution in [2.45, 2.75) is 76.2 Å². The summed E-state index contributed by atoms with van der Waals surface area (Å²) in [5.41, 5.74) is 0. The van der Waals surface area contributed by atoms with E-state index in [0.29, 0.717) is 24.0 Å². The van der Waals surface area contributed by atoms with Crippen molar-refractivity contribution >= 4 is 40.7 Å². The SMILES string of the molecule is CCNC(=NCCCOCC1CCCO1)NC1CCCC(S(=O)CC)C1.I. The molecule has 27 heavy (non-hydrogen) atoms. The Labute approximate surface area is 184 Å². The predicted molar refractivity (Wildman–Crippen MR) is 124 cm³/mol. The van der Waals surface area contributed by atoms with Gasteiger partial charge in [-0.25, -0.2) is 0 Å². The van der Waals surface area contributed by atoms with Crippen LogP contribution in [0, 0.1) is 0 Å². The van der Waals surface area contributed by atoms with Gasteiger partial charge in [0.2, 0.25) is 0 Å². The van der Waals surface area contributed by atoms with Crippen molar-refractivity contribution in [1.29, 1.82) is 0 Å². The molecule has 4 atom stereocenters. The van der Waals surface area contributed by atoms with Gasteiger partial charge in [-0.05, 0) is 45.4 Å². The van der Waals surface area contributed by atoms with Crippen LogP contribution in [0.1, 0.15) is 58.8 Å². The molecule has 0 bridgehead atoms. The van der Waals surface area contributed by atoms with Gasteiger partial charge in [-0.2, -0.15) is 0 Å². The summed E-state index contributed by atoms with van der Waals surface area (Å²) >= 11 is 0. The Hall–Kier alpha value is 0.0700. The highest BCUT2D eigenvalue weighted by atomic mass is 127. The van der Waals surface area contributed by atoms with Gasteiger partial charge in [0.15, 0.2) is 5.96 Å². The van der Waals surface area contributed by atoms with Gasteiger partial charge in [0, 0.05) is 54.1 Å². The Bertz CT molecular complexity index is 448.